The van der Waals surface area contributed by atoms with Gasteiger partial charge >= 0.3 is 0 Å². The number of ether oxygens (including phenoxy) is 1. The predicted octanol–water partition coefficient (Wildman–Crippen LogP) is 5.27. The number of para-hydroxylation sites is 1. The van der Waals surface area contributed by atoms with Crippen molar-refractivity contribution in [1.82, 2.24) is 5.32 Å². The van der Waals surface area contributed by atoms with Crippen molar-refractivity contribution in [2.75, 3.05) is 6.61 Å². The molecule has 124 valence electrons. The van der Waals surface area contributed by atoms with Crippen LogP contribution in [-0.2, 0) is 6.54 Å². The topological polar surface area (TPSA) is 21.3 Å². The molecule has 2 aromatic rings. The van der Waals surface area contributed by atoms with E-state index in [2.05, 4.69) is 75.5 Å². The summed E-state index contributed by atoms with van der Waals surface area (Å²) in [6, 6.07) is 17.2. The van der Waals surface area contributed by atoms with Gasteiger partial charge in [-0.2, -0.15) is 0 Å². The smallest absolute Gasteiger partial charge is 0.124 e. The van der Waals surface area contributed by atoms with Gasteiger partial charge in [0.05, 0.1) is 6.61 Å². The number of benzene rings is 2. The second kappa shape index (κ2) is 8.73. The van der Waals surface area contributed by atoms with E-state index in [1.807, 2.05) is 6.07 Å². The molecule has 0 amide bonds. The van der Waals surface area contributed by atoms with E-state index in [0.717, 1.165) is 25.3 Å². The fourth-order valence-corrected chi connectivity index (χ4v) is 2.58. The summed E-state index contributed by atoms with van der Waals surface area (Å²) >= 11 is 0. The summed E-state index contributed by atoms with van der Waals surface area (Å²) in [4.78, 5) is 0. The zero-order chi connectivity index (χ0) is 16.7. The Balaban J connectivity index is 1.97. The summed E-state index contributed by atoms with van der Waals surface area (Å²) in [5.74, 6) is 1.66. The normalized spacial score (nSPS) is 12.4. The highest BCUT2D eigenvalue weighted by atomic mass is 16.5. The minimum Gasteiger partial charge on any atom is -0.493 e. The number of aryl methyl sites for hydroxylation is 1. The fourth-order valence-electron chi connectivity index (χ4n) is 2.58. The molecule has 2 heteroatoms. The quantitative estimate of drug-likeness (QED) is 0.717. The minimum absolute atomic E-state index is 0.255. The molecule has 2 nitrogen and oxygen atoms in total. The van der Waals surface area contributed by atoms with Gasteiger partial charge in [-0.1, -0.05) is 61.9 Å². The molecule has 2 rings (SSSR count). The Labute approximate surface area is 140 Å². The third kappa shape index (κ3) is 5.72. The van der Waals surface area contributed by atoms with Crippen LogP contribution in [0.2, 0.25) is 0 Å². The summed E-state index contributed by atoms with van der Waals surface area (Å²) in [7, 11) is 0. The van der Waals surface area contributed by atoms with Gasteiger partial charge in [0.2, 0.25) is 0 Å². The summed E-state index contributed by atoms with van der Waals surface area (Å²) in [6.07, 6.45) is 1.08. The standard InChI is InChI=1S/C21H29NO/c1-16(2)12-13-23-21-11-6-5-10-20(21)18(4)22-15-19-9-7-8-17(3)14-19/h5-11,14,16,18,22H,12-13,15H2,1-4H3. The lowest BCUT2D eigenvalue weighted by atomic mass is 10.1. The largest absolute Gasteiger partial charge is 0.493 e. The van der Waals surface area contributed by atoms with Crippen molar-refractivity contribution in [2.24, 2.45) is 5.92 Å². The van der Waals surface area contributed by atoms with Gasteiger partial charge in [0.15, 0.2) is 0 Å². The molecule has 0 aromatic heterocycles. The maximum absolute atomic E-state index is 6.00. The third-order valence-corrected chi connectivity index (χ3v) is 4.03. The van der Waals surface area contributed by atoms with Crippen molar-refractivity contribution < 1.29 is 4.74 Å². The summed E-state index contributed by atoms with van der Waals surface area (Å²) < 4.78 is 6.00. The minimum atomic E-state index is 0.255. The number of nitrogens with one attached hydrogen (secondary N) is 1. The van der Waals surface area contributed by atoms with Crippen LogP contribution >= 0.6 is 0 Å². The second-order valence-electron chi connectivity index (χ2n) is 6.66. The fraction of sp³-hybridized carbons (Fsp3) is 0.429. The predicted molar refractivity (Wildman–Crippen MR) is 97.8 cm³/mol. The first-order chi connectivity index (χ1) is 11.1. The van der Waals surface area contributed by atoms with Gasteiger partial charge in [-0.25, -0.2) is 0 Å². The van der Waals surface area contributed by atoms with Crippen LogP contribution in [0.4, 0.5) is 0 Å². The Morgan fingerprint density at radius 2 is 1.78 bits per heavy atom. The number of rotatable bonds is 8. The van der Waals surface area contributed by atoms with E-state index in [9.17, 15) is 0 Å². The Kier molecular flexibility index (Phi) is 6.66. The average Bonchev–Trinajstić information content (AvgIpc) is 2.53. The number of hydrogen-bond donors (Lipinski definition) is 1. The van der Waals surface area contributed by atoms with Crippen molar-refractivity contribution in [3.05, 3.63) is 65.2 Å². The van der Waals surface area contributed by atoms with E-state index in [4.69, 9.17) is 4.74 Å². The molecule has 0 saturated heterocycles. The van der Waals surface area contributed by atoms with Crippen LogP contribution in [0.25, 0.3) is 0 Å². The molecule has 1 unspecified atom stereocenters. The first kappa shape index (κ1) is 17.6. The lowest BCUT2D eigenvalue weighted by molar-refractivity contribution is 0.284. The first-order valence-corrected chi connectivity index (χ1v) is 8.57. The van der Waals surface area contributed by atoms with E-state index >= 15 is 0 Å². The Morgan fingerprint density at radius 3 is 2.52 bits per heavy atom. The molecular weight excluding hydrogens is 282 g/mol. The molecule has 0 aliphatic rings. The van der Waals surface area contributed by atoms with Gasteiger partial charge in [-0.3, -0.25) is 0 Å². The monoisotopic (exact) mass is 311 g/mol. The highest BCUT2D eigenvalue weighted by Crippen LogP contribution is 2.25. The highest BCUT2D eigenvalue weighted by Gasteiger charge is 2.11. The number of hydrogen-bond acceptors (Lipinski definition) is 2. The van der Waals surface area contributed by atoms with Crippen LogP contribution in [-0.4, -0.2) is 6.61 Å². The SMILES string of the molecule is Cc1cccc(CNC(C)c2ccccc2OCCC(C)C)c1. The summed E-state index contributed by atoms with van der Waals surface area (Å²) in [6.45, 7) is 10.4. The lowest BCUT2D eigenvalue weighted by Crippen LogP contribution is -2.19. The molecule has 1 N–H and O–H groups in total. The summed E-state index contributed by atoms with van der Waals surface area (Å²) in [5, 5.41) is 3.60. The molecule has 0 heterocycles. The van der Waals surface area contributed by atoms with Crippen LogP contribution in [0.15, 0.2) is 48.5 Å². The molecule has 23 heavy (non-hydrogen) atoms. The van der Waals surface area contributed by atoms with Crippen LogP contribution in [0.1, 0.15) is 49.9 Å². The van der Waals surface area contributed by atoms with E-state index in [1.54, 1.807) is 0 Å². The highest BCUT2D eigenvalue weighted by molar-refractivity contribution is 5.35. The van der Waals surface area contributed by atoms with Gasteiger partial charge in [0.1, 0.15) is 5.75 Å². The van der Waals surface area contributed by atoms with E-state index in [-0.39, 0.29) is 6.04 Å². The van der Waals surface area contributed by atoms with Gasteiger partial charge in [-0.05, 0) is 37.8 Å². The maximum Gasteiger partial charge on any atom is 0.124 e. The van der Waals surface area contributed by atoms with Gasteiger partial charge < -0.3 is 10.1 Å². The zero-order valence-corrected chi connectivity index (χ0v) is 14.8. The van der Waals surface area contributed by atoms with E-state index < -0.39 is 0 Å². The summed E-state index contributed by atoms with van der Waals surface area (Å²) in [5.41, 5.74) is 3.84. The molecular formula is C21H29NO. The van der Waals surface area contributed by atoms with Gasteiger partial charge in [0, 0.05) is 18.2 Å². The molecule has 0 aliphatic heterocycles. The molecule has 0 radical (unpaired) electrons. The van der Waals surface area contributed by atoms with Crippen molar-refractivity contribution in [3.8, 4) is 5.75 Å². The Morgan fingerprint density at radius 1 is 1.00 bits per heavy atom. The molecule has 1 atom stereocenters. The van der Waals surface area contributed by atoms with Crippen LogP contribution in [0.5, 0.6) is 5.75 Å². The van der Waals surface area contributed by atoms with Crippen LogP contribution in [0, 0.1) is 12.8 Å². The van der Waals surface area contributed by atoms with Crippen molar-refractivity contribution >= 4 is 0 Å². The van der Waals surface area contributed by atoms with E-state index in [1.165, 1.54) is 16.7 Å². The van der Waals surface area contributed by atoms with Crippen molar-refractivity contribution in [2.45, 2.75) is 46.7 Å². The molecule has 0 bridgehead atoms. The van der Waals surface area contributed by atoms with E-state index in [0.29, 0.717) is 5.92 Å². The van der Waals surface area contributed by atoms with Crippen molar-refractivity contribution in [3.63, 3.8) is 0 Å². The molecule has 2 aromatic carbocycles. The first-order valence-electron chi connectivity index (χ1n) is 8.57. The van der Waals surface area contributed by atoms with Crippen LogP contribution < -0.4 is 10.1 Å². The average molecular weight is 311 g/mol. The second-order valence-corrected chi connectivity index (χ2v) is 6.66. The van der Waals surface area contributed by atoms with Crippen molar-refractivity contribution in [1.29, 1.82) is 0 Å². The molecule has 0 fully saturated rings. The third-order valence-electron chi connectivity index (χ3n) is 4.03. The molecule has 0 aliphatic carbocycles. The Bertz CT molecular complexity index is 606. The molecule has 0 spiro atoms. The zero-order valence-electron chi connectivity index (χ0n) is 14.8. The molecule has 0 saturated carbocycles. The Hall–Kier alpha value is -1.80. The van der Waals surface area contributed by atoms with Crippen LogP contribution in [0.3, 0.4) is 0 Å². The van der Waals surface area contributed by atoms with Gasteiger partial charge in [-0.15, -0.1) is 0 Å². The lowest BCUT2D eigenvalue weighted by Gasteiger charge is -2.19. The maximum atomic E-state index is 6.00. The van der Waals surface area contributed by atoms with Gasteiger partial charge in [0.25, 0.3) is 0 Å².